The molecular weight excluding hydrogens is 403 g/mol. The van der Waals surface area contributed by atoms with Gasteiger partial charge in [-0.05, 0) is 41.1 Å². The van der Waals surface area contributed by atoms with Crippen molar-refractivity contribution in [1.29, 1.82) is 0 Å². The first kappa shape index (κ1) is 20.0. The van der Waals surface area contributed by atoms with E-state index in [4.69, 9.17) is 0 Å². The van der Waals surface area contributed by atoms with Crippen LogP contribution in [0.5, 0.6) is 0 Å². The smallest absolute Gasteiger partial charge is 0.220 e. The Kier molecular flexibility index (Phi) is 12.2. The van der Waals surface area contributed by atoms with Gasteiger partial charge in [0.05, 0.1) is 0 Å². The Morgan fingerprint density at radius 1 is 0.909 bits per heavy atom. The summed E-state index contributed by atoms with van der Waals surface area (Å²) in [6.45, 7) is 2.27. The Bertz CT molecular complexity index is 420. The maximum atomic E-state index is 12.1. The summed E-state index contributed by atoms with van der Waals surface area (Å²) in [5, 5.41) is 0.223. The minimum atomic E-state index is 0.223. The van der Waals surface area contributed by atoms with Gasteiger partial charge in [-0.15, -0.1) is 0 Å². The Balaban J connectivity index is 1.95. The lowest BCUT2D eigenvalue weighted by Crippen LogP contribution is -1.97. The Hall–Kier alpha value is -0.0300. The first-order valence-corrected chi connectivity index (χ1v) is 10.7. The van der Waals surface area contributed by atoms with E-state index in [0.29, 0.717) is 0 Å². The molecule has 0 aliphatic carbocycles. The number of unbranched alkanes of at least 4 members (excludes halogenated alkanes) is 9. The number of thioether (sulfide) groups is 1. The van der Waals surface area contributed by atoms with Crippen molar-refractivity contribution >= 4 is 39.5 Å². The maximum absolute atomic E-state index is 12.1. The molecule has 1 nitrogen and oxygen atoms in total. The molecule has 22 heavy (non-hydrogen) atoms. The minimum absolute atomic E-state index is 0.223. The predicted molar refractivity (Wildman–Crippen MR) is 108 cm³/mol. The van der Waals surface area contributed by atoms with Crippen molar-refractivity contribution in [3.05, 3.63) is 33.4 Å². The Labute approximate surface area is 154 Å². The van der Waals surface area contributed by atoms with E-state index in [-0.39, 0.29) is 5.12 Å². The van der Waals surface area contributed by atoms with Crippen molar-refractivity contribution in [2.75, 3.05) is 5.75 Å². The number of halogens is 1. The summed E-state index contributed by atoms with van der Waals surface area (Å²) < 4.78 is 1.06. The van der Waals surface area contributed by atoms with Gasteiger partial charge in [0.1, 0.15) is 0 Å². The van der Waals surface area contributed by atoms with Crippen LogP contribution in [0.2, 0.25) is 0 Å². The highest BCUT2D eigenvalue weighted by Gasteiger charge is 2.09. The van der Waals surface area contributed by atoms with Crippen LogP contribution in [0.3, 0.4) is 0 Å². The second-order valence-corrected chi connectivity index (χ2v) is 8.03. The second kappa shape index (κ2) is 13.4. The molecule has 3 heteroatoms. The largest absolute Gasteiger partial charge is 0.282 e. The molecular formula is C19H29IOS. The molecule has 0 N–H and O–H groups in total. The van der Waals surface area contributed by atoms with Crippen LogP contribution in [0.25, 0.3) is 0 Å². The summed E-state index contributed by atoms with van der Waals surface area (Å²) in [6.07, 6.45) is 13.5. The van der Waals surface area contributed by atoms with Gasteiger partial charge in [-0.25, -0.2) is 0 Å². The minimum Gasteiger partial charge on any atom is -0.282 e. The van der Waals surface area contributed by atoms with Gasteiger partial charge in [-0.2, -0.15) is 0 Å². The molecule has 124 valence electrons. The van der Waals surface area contributed by atoms with E-state index in [2.05, 4.69) is 29.5 Å². The van der Waals surface area contributed by atoms with Crippen molar-refractivity contribution in [2.45, 2.75) is 71.1 Å². The molecule has 0 spiro atoms. The molecule has 0 atom stereocenters. The van der Waals surface area contributed by atoms with Crippen LogP contribution < -0.4 is 0 Å². The summed E-state index contributed by atoms with van der Waals surface area (Å²) in [4.78, 5) is 12.1. The van der Waals surface area contributed by atoms with Crippen LogP contribution >= 0.6 is 34.4 Å². The molecule has 0 aliphatic heterocycles. The Morgan fingerprint density at radius 2 is 1.45 bits per heavy atom. The fourth-order valence-electron chi connectivity index (χ4n) is 2.46. The molecule has 1 aromatic rings. The quantitative estimate of drug-likeness (QED) is 0.259. The van der Waals surface area contributed by atoms with Crippen LogP contribution in [0, 0.1) is 3.57 Å². The van der Waals surface area contributed by atoms with Gasteiger partial charge in [0, 0.05) is 14.9 Å². The zero-order valence-corrected chi connectivity index (χ0v) is 16.8. The summed E-state index contributed by atoms with van der Waals surface area (Å²) >= 11 is 3.71. The van der Waals surface area contributed by atoms with Crippen molar-refractivity contribution < 1.29 is 4.79 Å². The van der Waals surface area contributed by atoms with Crippen molar-refractivity contribution in [3.63, 3.8) is 0 Å². The lowest BCUT2D eigenvalue weighted by atomic mass is 10.1. The van der Waals surface area contributed by atoms with Gasteiger partial charge in [0.25, 0.3) is 0 Å². The van der Waals surface area contributed by atoms with E-state index in [1.54, 1.807) is 0 Å². The number of benzene rings is 1. The predicted octanol–water partition coefficient (Wildman–Crippen LogP) is 7.09. The van der Waals surface area contributed by atoms with Crippen LogP contribution in [0.1, 0.15) is 81.5 Å². The molecule has 0 fully saturated rings. The molecule has 1 aromatic carbocycles. The van der Waals surface area contributed by atoms with Gasteiger partial charge >= 0.3 is 0 Å². The molecule has 0 saturated heterocycles. The Morgan fingerprint density at radius 3 is 2.05 bits per heavy atom. The number of hydrogen-bond donors (Lipinski definition) is 0. The number of hydrogen-bond acceptors (Lipinski definition) is 2. The van der Waals surface area contributed by atoms with Gasteiger partial charge in [0.2, 0.25) is 5.12 Å². The molecule has 0 aromatic heterocycles. The average molecular weight is 432 g/mol. The van der Waals surface area contributed by atoms with Gasteiger partial charge < -0.3 is 0 Å². The van der Waals surface area contributed by atoms with E-state index in [1.807, 2.05) is 24.3 Å². The highest BCUT2D eigenvalue weighted by molar-refractivity contribution is 14.1. The highest BCUT2D eigenvalue weighted by Crippen LogP contribution is 2.20. The standard InChI is InChI=1S/C19H29IOS/c1-2-3-4-5-6-7-8-9-10-13-16-22-19(21)17-14-11-12-15-18(17)20/h11-12,14-15H,2-10,13,16H2,1H3. The topological polar surface area (TPSA) is 17.1 Å². The maximum Gasteiger partial charge on any atom is 0.220 e. The van der Waals surface area contributed by atoms with Crippen molar-refractivity contribution in [2.24, 2.45) is 0 Å². The lowest BCUT2D eigenvalue weighted by Gasteiger charge is -2.04. The molecule has 0 aliphatic rings. The average Bonchev–Trinajstić information content (AvgIpc) is 2.53. The number of carbonyl (C=O) groups is 1. The third-order valence-electron chi connectivity index (χ3n) is 3.82. The van der Waals surface area contributed by atoms with Crippen LogP contribution in [-0.4, -0.2) is 10.9 Å². The zero-order chi connectivity index (χ0) is 16.0. The fourth-order valence-corrected chi connectivity index (χ4v) is 4.14. The van der Waals surface area contributed by atoms with Crippen LogP contribution in [0.15, 0.2) is 24.3 Å². The molecule has 0 heterocycles. The second-order valence-electron chi connectivity index (χ2n) is 5.80. The van der Waals surface area contributed by atoms with E-state index in [1.165, 1.54) is 69.5 Å². The van der Waals surface area contributed by atoms with E-state index in [9.17, 15) is 4.79 Å². The van der Waals surface area contributed by atoms with E-state index < -0.39 is 0 Å². The normalized spacial score (nSPS) is 10.8. The lowest BCUT2D eigenvalue weighted by molar-refractivity contribution is 0.108. The SMILES string of the molecule is CCCCCCCCCCCCSC(=O)c1ccccc1I. The first-order chi connectivity index (χ1) is 10.8. The summed E-state index contributed by atoms with van der Waals surface area (Å²) in [5.74, 6) is 0.959. The summed E-state index contributed by atoms with van der Waals surface area (Å²) in [7, 11) is 0. The van der Waals surface area contributed by atoms with Crippen LogP contribution in [0.4, 0.5) is 0 Å². The third-order valence-corrected chi connectivity index (χ3v) is 5.74. The molecule has 0 saturated carbocycles. The zero-order valence-electron chi connectivity index (χ0n) is 13.8. The monoisotopic (exact) mass is 432 g/mol. The van der Waals surface area contributed by atoms with E-state index in [0.717, 1.165) is 21.3 Å². The van der Waals surface area contributed by atoms with Gasteiger partial charge in [-0.3, -0.25) is 4.79 Å². The highest BCUT2D eigenvalue weighted by atomic mass is 127. The fraction of sp³-hybridized carbons (Fsp3) is 0.632. The number of rotatable bonds is 12. The molecule has 0 unspecified atom stereocenters. The van der Waals surface area contributed by atoms with Crippen LogP contribution in [-0.2, 0) is 0 Å². The molecule has 0 bridgehead atoms. The van der Waals surface area contributed by atoms with Gasteiger partial charge in [0.15, 0.2) is 0 Å². The number of carbonyl (C=O) groups excluding carboxylic acids is 1. The summed E-state index contributed by atoms with van der Waals surface area (Å²) in [5.41, 5.74) is 0.861. The van der Waals surface area contributed by atoms with Crippen molar-refractivity contribution in [3.8, 4) is 0 Å². The summed E-state index contributed by atoms with van der Waals surface area (Å²) in [6, 6.07) is 7.84. The molecule has 0 amide bonds. The van der Waals surface area contributed by atoms with Gasteiger partial charge in [-0.1, -0.05) is 88.6 Å². The molecule has 0 radical (unpaired) electrons. The van der Waals surface area contributed by atoms with E-state index >= 15 is 0 Å². The van der Waals surface area contributed by atoms with Crippen molar-refractivity contribution in [1.82, 2.24) is 0 Å². The first-order valence-electron chi connectivity index (χ1n) is 8.67. The third kappa shape index (κ3) is 9.19. The molecule has 1 rings (SSSR count).